The molecule has 0 bridgehead atoms. The van der Waals surface area contributed by atoms with E-state index in [2.05, 4.69) is 6.92 Å². The van der Waals surface area contributed by atoms with Gasteiger partial charge in [0, 0.05) is 6.54 Å². The van der Waals surface area contributed by atoms with Gasteiger partial charge < -0.3 is 10.2 Å². The molecule has 0 amide bonds. The number of carboxylic acid groups (broad SMARTS) is 1. The van der Waals surface area contributed by atoms with Crippen molar-refractivity contribution in [3.8, 4) is 0 Å². The highest BCUT2D eigenvalue weighted by Crippen LogP contribution is 2.16. The molecule has 0 saturated heterocycles. The van der Waals surface area contributed by atoms with Crippen molar-refractivity contribution in [1.29, 1.82) is 0 Å². The zero-order valence-corrected chi connectivity index (χ0v) is 14.5. The maximum absolute atomic E-state index is 10.8. The Hall–Kier alpha value is -1.39. The molecule has 130 valence electrons. The summed E-state index contributed by atoms with van der Waals surface area (Å²) in [5, 5.41) is 19.1. The number of aliphatic hydroxyl groups is 1. The van der Waals surface area contributed by atoms with E-state index in [9.17, 15) is 9.90 Å². The molecule has 4 nitrogen and oxygen atoms in total. The van der Waals surface area contributed by atoms with Gasteiger partial charge in [0.15, 0.2) is 0 Å². The van der Waals surface area contributed by atoms with E-state index in [1.54, 1.807) is 11.9 Å². The Morgan fingerprint density at radius 1 is 1.13 bits per heavy atom. The summed E-state index contributed by atoms with van der Waals surface area (Å²) in [5.41, 5.74) is 2.21. The van der Waals surface area contributed by atoms with Gasteiger partial charge in [0.2, 0.25) is 0 Å². The zero-order valence-electron chi connectivity index (χ0n) is 14.5. The van der Waals surface area contributed by atoms with Gasteiger partial charge in [-0.2, -0.15) is 0 Å². The predicted octanol–water partition coefficient (Wildman–Crippen LogP) is 3.47. The normalized spacial score (nSPS) is 12.5. The van der Waals surface area contributed by atoms with Crippen LogP contribution in [0.2, 0.25) is 0 Å². The second-order valence-corrected chi connectivity index (χ2v) is 6.40. The van der Waals surface area contributed by atoms with E-state index < -0.39 is 5.97 Å². The van der Waals surface area contributed by atoms with E-state index >= 15 is 0 Å². The van der Waals surface area contributed by atoms with Crippen molar-refractivity contribution in [2.75, 3.05) is 13.6 Å². The quantitative estimate of drug-likeness (QED) is 0.579. The largest absolute Gasteiger partial charge is 0.480 e. The van der Waals surface area contributed by atoms with Gasteiger partial charge in [0.05, 0.1) is 12.6 Å². The van der Waals surface area contributed by atoms with Gasteiger partial charge in [-0.15, -0.1) is 0 Å². The standard InChI is InChI=1S/C19H31NO3/c1-3-4-5-6-7-12-18(21)13-16-10-8-9-11-17(16)14-20(2)15-19(22)23/h8-11,18,21H,3-7,12-15H2,1-2H3,(H,22,23). The summed E-state index contributed by atoms with van der Waals surface area (Å²) < 4.78 is 0. The fraction of sp³-hybridized carbons (Fsp3) is 0.632. The molecule has 1 aromatic carbocycles. The number of rotatable bonds is 12. The van der Waals surface area contributed by atoms with Crippen LogP contribution < -0.4 is 0 Å². The first kappa shape index (κ1) is 19.7. The fourth-order valence-electron chi connectivity index (χ4n) is 2.83. The molecule has 1 atom stereocenters. The van der Waals surface area contributed by atoms with E-state index in [1.807, 2.05) is 24.3 Å². The lowest BCUT2D eigenvalue weighted by atomic mass is 9.98. The Kier molecular flexibility index (Phi) is 9.57. The van der Waals surface area contributed by atoms with Gasteiger partial charge in [-0.25, -0.2) is 0 Å². The average Bonchev–Trinajstić information content (AvgIpc) is 2.48. The van der Waals surface area contributed by atoms with E-state index in [4.69, 9.17) is 5.11 Å². The molecule has 0 aliphatic rings. The third kappa shape index (κ3) is 8.72. The minimum absolute atomic E-state index is 0.0221. The first-order valence-electron chi connectivity index (χ1n) is 8.68. The molecule has 0 heterocycles. The van der Waals surface area contributed by atoms with E-state index in [0.717, 1.165) is 24.0 Å². The summed E-state index contributed by atoms with van der Waals surface area (Å²) in [5.74, 6) is -0.822. The number of likely N-dealkylation sites (N-methyl/N-ethyl adjacent to an activating group) is 1. The number of nitrogens with zero attached hydrogens (tertiary/aromatic N) is 1. The molecule has 2 N–H and O–H groups in total. The van der Waals surface area contributed by atoms with E-state index in [-0.39, 0.29) is 12.6 Å². The molecule has 4 heteroatoms. The number of aliphatic hydroxyl groups excluding tert-OH is 1. The van der Waals surface area contributed by atoms with Gasteiger partial charge in [-0.1, -0.05) is 63.3 Å². The molecule has 1 aromatic rings. The summed E-state index contributed by atoms with van der Waals surface area (Å²) in [6, 6.07) is 7.99. The first-order valence-corrected chi connectivity index (χ1v) is 8.68. The SMILES string of the molecule is CCCCCCCC(O)Cc1ccccc1CN(C)CC(=O)O. The number of carboxylic acids is 1. The lowest BCUT2D eigenvalue weighted by Gasteiger charge is -2.18. The molecular formula is C19H31NO3. The Bertz CT molecular complexity index is 462. The van der Waals surface area contributed by atoms with Crippen LogP contribution >= 0.6 is 0 Å². The van der Waals surface area contributed by atoms with Gasteiger partial charge in [0.1, 0.15) is 0 Å². The summed E-state index contributed by atoms with van der Waals surface area (Å²) in [4.78, 5) is 12.6. The van der Waals surface area contributed by atoms with Crippen LogP contribution in [0.4, 0.5) is 0 Å². The number of benzene rings is 1. The van der Waals surface area contributed by atoms with E-state index in [0.29, 0.717) is 13.0 Å². The number of unbranched alkanes of at least 4 members (excludes halogenated alkanes) is 4. The van der Waals surface area contributed by atoms with E-state index in [1.165, 1.54) is 25.7 Å². The Morgan fingerprint density at radius 3 is 2.43 bits per heavy atom. The molecule has 1 rings (SSSR count). The second kappa shape index (κ2) is 11.2. The van der Waals surface area contributed by atoms with Crippen LogP contribution in [0.3, 0.4) is 0 Å². The summed E-state index contributed by atoms with van der Waals surface area (Å²) in [6.45, 7) is 2.81. The molecule has 1 unspecified atom stereocenters. The van der Waals surface area contributed by atoms with Crippen molar-refractivity contribution < 1.29 is 15.0 Å². The third-order valence-corrected chi connectivity index (χ3v) is 4.06. The fourth-order valence-corrected chi connectivity index (χ4v) is 2.83. The minimum atomic E-state index is -0.822. The maximum Gasteiger partial charge on any atom is 0.317 e. The van der Waals surface area contributed by atoms with Gasteiger partial charge >= 0.3 is 5.97 Å². The lowest BCUT2D eigenvalue weighted by molar-refractivity contribution is -0.138. The molecule has 0 spiro atoms. The average molecular weight is 321 g/mol. The molecule has 0 saturated carbocycles. The van der Waals surface area contributed by atoms with Crippen LogP contribution in [0.15, 0.2) is 24.3 Å². The molecule has 0 aliphatic carbocycles. The molecular weight excluding hydrogens is 290 g/mol. The monoisotopic (exact) mass is 321 g/mol. The van der Waals surface area contributed by atoms with Crippen LogP contribution in [0.1, 0.15) is 56.6 Å². The minimum Gasteiger partial charge on any atom is -0.480 e. The number of carbonyl (C=O) groups is 1. The van der Waals surface area contributed by atoms with Gasteiger partial charge in [-0.05, 0) is 31.0 Å². The zero-order chi connectivity index (χ0) is 17.1. The summed E-state index contributed by atoms with van der Waals surface area (Å²) in [6.07, 6.45) is 7.18. The topological polar surface area (TPSA) is 60.8 Å². The van der Waals surface area contributed by atoms with Crippen LogP contribution in [-0.2, 0) is 17.8 Å². The third-order valence-electron chi connectivity index (χ3n) is 4.06. The number of aliphatic carboxylic acids is 1. The molecule has 0 aromatic heterocycles. The number of hydrogen-bond donors (Lipinski definition) is 2. The second-order valence-electron chi connectivity index (χ2n) is 6.40. The first-order chi connectivity index (χ1) is 11.0. The maximum atomic E-state index is 10.8. The molecule has 23 heavy (non-hydrogen) atoms. The molecule has 0 aliphatic heterocycles. The smallest absolute Gasteiger partial charge is 0.317 e. The van der Waals surface area contributed by atoms with Crippen molar-refractivity contribution in [2.24, 2.45) is 0 Å². The van der Waals surface area contributed by atoms with Gasteiger partial charge in [-0.3, -0.25) is 9.69 Å². The molecule has 0 fully saturated rings. The highest BCUT2D eigenvalue weighted by atomic mass is 16.4. The van der Waals surface area contributed by atoms with Crippen molar-refractivity contribution >= 4 is 5.97 Å². The Labute approximate surface area is 140 Å². The van der Waals surface area contributed by atoms with Crippen molar-refractivity contribution in [3.05, 3.63) is 35.4 Å². The van der Waals surface area contributed by atoms with Crippen LogP contribution in [0, 0.1) is 0 Å². The molecule has 0 radical (unpaired) electrons. The summed E-state index contributed by atoms with van der Waals surface area (Å²) in [7, 11) is 1.80. The highest BCUT2D eigenvalue weighted by molar-refractivity contribution is 5.69. The Morgan fingerprint density at radius 2 is 1.78 bits per heavy atom. The van der Waals surface area contributed by atoms with Crippen molar-refractivity contribution in [2.45, 2.75) is 64.5 Å². The van der Waals surface area contributed by atoms with Crippen molar-refractivity contribution in [1.82, 2.24) is 4.90 Å². The number of hydrogen-bond acceptors (Lipinski definition) is 3. The Balaban J connectivity index is 2.47. The van der Waals surface area contributed by atoms with Gasteiger partial charge in [0.25, 0.3) is 0 Å². The lowest BCUT2D eigenvalue weighted by Crippen LogP contribution is -2.26. The highest BCUT2D eigenvalue weighted by Gasteiger charge is 2.11. The van der Waals surface area contributed by atoms with Crippen LogP contribution in [0.25, 0.3) is 0 Å². The predicted molar refractivity (Wildman–Crippen MR) is 93.5 cm³/mol. The van der Waals surface area contributed by atoms with Crippen LogP contribution in [-0.4, -0.2) is 40.8 Å². The summed E-state index contributed by atoms with van der Waals surface area (Å²) >= 11 is 0. The van der Waals surface area contributed by atoms with Crippen molar-refractivity contribution in [3.63, 3.8) is 0 Å². The van der Waals surface area contributed by atoms with Crippen LogP contribution in [0.5, 0.6) is 0 Å².